The minimum atomic E-state index is -3.92. The number of sulfonamides is 1. The number of nitrogens with one attached hydrogen (secondary N) is 1. The number of primary sulfonamides is 1. The van der Waals surface area contributed by atoms with E-state index < -0.39 is 15.9 Å². The molecule has 0 heterocycles. The number of phenolic OH excluding ortho intramolecular Hbond substituents is 1. The van der Waals surface area contributed by atoms with Crippen LogP contribution in [0.15, 0.2) is 53.4 Å². The van der Waals surface area contributed by atoms with Crippen LogP contribution in [-0.4, -0.2) is 19.4 Å². The number of anilines is 1. The molecular formula is C13H12N2O4S. The Balaban J connectivity index is 2.31. The summed E-state index contributed by atoms with van der Waals surface area (Å²) < 4.78 is 22.8. The standard InChI is InChI=1S/C13H12N2O4S/c14-20(18,19)12-4-2-1-3-11(12)15-13(17)9-5-7-10(16)8-6-9/h1-8,16H,(H,15,17)(H2,14,18,19). The van der Waals surface area contributed by atoms with Gasteiger partial charge in [-0.05, 0) is 36.4 Å². The molecule has 0 spiro atoms. The van der Waals surface area contributed by atoms with Crippen LogP contribution >= 0.6 is 0 Å². The molecule has 2 rings (SSSR count). The van der Waals surface area contributed by atoms with Crippen molar-refractivity contribution in [3.63, 3.8) is 0 Å². The van der Waals surface area contributed by atoms with Crippen LogP contribution in [-0.2, 0) is 10.0 Å². The largest absolute Gasteiger partial charge is 0.508 e. The number of carbonyl (C=O) groups excluding carboxylic acids is 1. The molecule has 0 bridgehead atoms. The van der Waals surface area contributed by atoms with Crippen molar-refractivity contribution < 1.29 is 18.3 Å². The van der Waals surface area contributed by atoms with Crippen molar-refractivity contribution in [2.75, 3.05) is 5.32 Å². The summed E-state index contributed by atoms with van der Waals surface area (Å²) in [6.45, 7) is 0. The van der Waals surface area contributed by atoms with E-state index in [0.29, 0.717) is 0 Å². The molecule has 4 N–H and O–H groups in total. The van der Waals surface area contributed by atoms with Crippen molar-refractivity contribution in [2.24, 2.45) is 5.14 Å². The molecule has 0 radical (unpaired) electrons. The second-order valence-electron chi connectivity index (χ2n) is 4.04. The molecule has 0 unspecified atom stereocenters. The fourth-order valence-corrected chi connectivity index (χ4v) is 2.32. The summed E-state index contributed by atoms with van der Waals surface area (Å²) in [6, 6.07) is 11.4. The highest BCUT2D eigenvalue weighted by molar-refractivity contribution is 7.89. The van der Waals surface area contributed by atoms with E-state index in [9.17, 15) is 13.2 Å². The Morgan fingerprint density at radius 2 is 1.65 bits per heavy atom. The second kappa shape index (κ2) is 5.32. The first-order chi connectivity index (χ1) is 9.38. The summed E-state index contributed by atoms with van der Waals surface area (Å²) >= 11 is 0. The SMILES string of the molecule is NS(=O)(=O)c1ccccc1NC(=O)c1ccc(O)cc1. The molecule has 0 saturated heterocycles. The molecule has 0 fully saturated rings. The van der Waals surface area contributed by atoms with E-state index in [0.717, 1.165) is 0 Å². The highest BCUT2D eigenvalue weighted by atomic mass is 32.2. The molecule has 6 nitrogen and oxygen atoms in total. The minimum absolute atomic E-state index is 0.0338. The van der Waals surface area contributed by atoms with E-state index in [1.807, 2.05) is 0 Å². The van der Waals surface area contributed by atoms with Crippen molar-refractivity contribution in [1.29, 1.82) is 0 Å². The number of amides is 1. The molecule has 7 heteroatoms. The van der Waals surface area contributed by atoms with E-state index in [1.165, 1.54) is 42.5 Å². The Morgan fingerprint density at radius 1 is 1.05 bits per heavy atom. The zero-order valence-electron chi connectivity index (χ0n) is 10.3. The Labute approximate surface area is 115 Å². The maximum absolute atomic E-state index is 12.0. The van der Waals surface area contributed by atoms with Gasteiger partial charge in [-0.3, -0.25) is 4.79 Å². The maximum atomic E-state index is 12.0. The Hall–Kier alpha value is -2.38. The van der Waals surface area contributed by atoms with Crippen LogP contribution in [0.3, 0.4) is 0 Å². The lowest BCUT2D eigenvalue weighted by Gasteiger charge is -2.09. The third-order valence-corrected chi connectivity index (χ3v) is 3.54. The summed E-state index contributed by atoms with van der Waals surface area (Å²) in [4.78, 5) is 11.8. The monoisotopic (exact) mass is 292 g/mol. The Kier molecular flexibility index (Phi) is 3.73. The highest BCUT2D eigenvalue weighted by Crippen LogP contribution is 2.20. The van der Waals surface area contributed by atoms with Crippen LogP contribution in [0.1, 0.15) is 10.4 Å². The number of hydrogen-bond donors (Lipinski definition) is 3. The predicted octanol–water partition coefficient (Wildman–Crippen LogP) is 1.29. The molecule has 2 aromatic rings. The lowest BCUT2D eigenvalue weighted by molar-refractivity contribution is 0.102. The summed E-state index contributed by atoms with van der Waals surface area (Å²) in [5.41, 5.74) is 0.389. The number of para-hydroxylation sites is 1. The first-order valence-corrected chi connectivity index (χ1v) is 7.15. The van der Waals surface area contributed by atoms with Gasteiger partial charge in [0.25, 0.3) is 5.91 Å². The molecule has 0 aliphatic rings. The first kappa shape index (κ1) is 14.0. The predicted molar refractivity (Wildman–Crippen MR) is 73.9 cm³/mol. The van der Waals surface area contributed by atoms with Crippen molar-refractivity contribution in [2.45, 2.75) is 4.90 Å². The molecule has 0 atom stereocenters. The third-order valence-electron chi connectivity index (χ3n) is 2.57. The van der Waals surface area contributed by atoms with E-state index in [-0.39, 0.29) is 21.9 Å². The Bertz CT molecular complexity index is 739. The number of carbonyl (C=O) groups is 1. The average Bonchev–Trinajstić information content (AvgIpc) is 2.38. The quantitative estimate of drug-likeness (QED) is 0.791. The van der Waals surface area contributed by atoms with E-state index in [2.05, 4.69) is 5.32 Å². The van der Waals surface area contributed by atoms with Crippen LogP contribution in [0.2, 0.25) is 0 Å². The second-order valence-corrected chi connectivity index (χ2v) is 5.57. The van der Waals surface area contributed by atoms with Gasteiger partial charge in [-0.25, -0.2) is 13.6 Å². The number of benzene rings is 2. The van der Waals surface area contributed by atoms with Gasteiger partial charge < -0.3 is 10.4 Å². The zero-order chi connectivity index (χ0) is 14.8. The van der Waals surface area contributed by atoms with Crippen molar-refractivity contribution >= 4 is 21.6 Å². The van der Waals surface area contributed by atoms with Gasteiger partial charge in [-0.1, -0.05) is 12.1 Å². The van der Waals surface area contributed by atoms with Crippen LogP contribution in [0.25, 0.3) is 0 Å². The number of hydrogen-bond acceptors (Lipinski definition) is 4. The molecule has 0 aliphatic heterocycles. The van der Waals surface area contributed by atoms with E-state index >= 15 is 0 Å². The van der Waals surface area contributed by atoms with Crippen LogP contribution in [0.5, 0.6) is 5.75 Å². The van der Waals surface area contributed by atoms with Crippen molar-refractivity contribution in [3.8, 4) is 5.75 Å². The number of nitrogens with two attached hydrogens (primary N) is 1. The average molecular weight is 292 g/mol. The molecule has 104 valence electrons. The summed E-state index contributed by atoms with van der Waals surface area (Å²) in [5.74, 6) is -0.465. The smallest absolute Gasteiger partial charge is 0.255 e. The van der Waals surface area contributed by atoms with Gasteiger partial charge in [0.1, 0.15) is 10.6 Å². The van der Waals surface area contributed by atoms with Gasteiger partial charge in [-0.2, -0.15) is 0 Å². The molecule has 0 aliphatic carbocycles. The normalized spacial score (nSPS) is 11.1. The number of phenols is 1. The number of aromatic hydroxyl groups is 1. The first-order valence-electron chi connectivity index (χ1n) is 5.60. The van der Waals surface area contributed by atoms with Gasteiger partial charge in [0.05, 0.1) is 5.69 Å². The fourth-order valence-electron chi connectivity index (χ4n) is 1.63. The fraction of sp³-hybridized carbons (Fsp3) is 0. The Morgan fingerprint density at radius 3 is 2.25 bits per heavy atom. The van der Waals surface area contributed by atoms with Gasteiger partial charge in [0, 0.05) is 5.56 Å². The maximum Gasteiger partial charge on any atom is 0.255 e. The lowest BCUT2D eigenvalue weighted by atomic mass is 10.2. The molecule has 0 aromatic heterocycles. The van der Waals surface area contributed by atoms with Gasteiger partial charge >= 0.3 is 0 Å². The summed E-state index contributed by atoms with van der Waals surface area (Å²) in [7, 11) is -3.92. The third kappa shape index (κ3) is 3.14. The molecule has 1 amide bonds. The van der Waals surface area contributed by atoms with Gasteiger partial charge in [-0.15, -0.1) is 0 Å². The summed E-state index contributed by atoms with van der Waals surface area (Å²) in [6.07, 6.45) is 0. The topological polar surface area (TPSA) is 109 Å². The minimum Gasteiger partial charge on any atom is -0.508 e. The zero-order valence-corrected chi connectivity index (χ0v) is 11.1. The van der Waals surface area contributed by atoms with Crippen LogP contribution < -0.4 is 10.5 Å². The molecule has 0 saturated carbocycles. The highest BCUT2D eigenvalue weighted by Gasteiger charge is 2.15. The van der Waals surface area contributed by atoms with Crippen molar-refractivity contribution in [3.05, 3.63) is 54.1 Å². The van der Waals surface area contributed by atoms with Crippen LogP contribution in [0, 0.1) is 0 Å². The van der Waals surface area contributed by atoms with E-state index in [1.54, 1.807) is 6.07 Å². The van der Waals surface area contributed by atoms with Gasteiger partial charge in [0.2, 0.25) is 10.0 Å². The van der Waals surface area contributed by atoms with E-state index in [4.69, 9.17) is 10.2 Å². The molecule has 2 aromatic carbocycles. The van der Waals surface area contributed by atoms with Gasteiger partial charge in [0.15, 0.2) is 0 Å². The lowest BCUT2D eigenvalue weighted by Crippen LogP contribution is -2.18. The molecular weight excluding hydrogens is 280 g/mol. The molecule has 20 heavy (non-hydrogen) atoms. The van der Waals surface area contributed by atoms with Crippen LogP contribution in [0.4, 0.5) is 5.69 Å². The number of rotatable bonds is 3. The summed E-state index contributed by atoms with van der Waals surface area (Å²) in [5, 5.41) is 16.7. The van der Waals surface area contributed by atoms with Crippen molar-refractivity contribution in [1.82, 2.24) is 0 Å².